The van der Waals surface area contributed by atoms with E-state index in [9.17, 15) is 0 Å². The first kappa shape index (κ1) is 18.3. The third kappa shape index (κ3) is 4.18. The normalized spacial score (nSPS) is 19.5. The Hall–Kier alpha value is -2.70. The predicted molar refractivity (Wildman–Crippen MR) is 109 cm³/mol. The molecule has 1 fully saturated rings. The molecule has 6 nitrogen and oxygen atoms in total. The summed E-state index contributed by atoms with van der Waals surface area (Å²) in [4.78, 5) is 7.09. The number of aromatic nitrogens is 2. The fraction of sp³-hybridized carbons (Fsp3) is 0.391. The second kappa shape index (κ2) is 8.35. The quantitative estimate of drug-likeness (QED) is 0.661. The van der Waals surface area contributed by atoms with Crippen molar-refractivity contribution in [2.45, 2.75) is 25.3 Å². The van der Waals surface area contributed by atoms with Crippen LogP contribution in [-0.4, -0.2) is 48.0 Å². The highest BCUT2D eigenvalue weighted by molar-refractivity contribution is 5.55. The van der Waals surface area contributed by atoms with E-state index in [0.29, 0.717) is 17.6 Å². The number of fused-ring (bicyclic) bond motifs is 1. The summed E-state index contributed by atoms with van der Waals surface area (Å²) >= 11 is 0. The van der Waals surface area contributed by atoms with Crippen LogP contribution in [0.4, 0.5) is 0 Å². The molecule has 0 aliphatic carbocycles. The summed E-state index contributed by atoms with van der Waals surface area (Å²) in [6.45, 7) is 5.21. The zero-order chi connectivity index (χ0) is 19.5. The van der Waals surface area contributed by atoms with Crippen LogP contribution < -0.4 is 4.74 Å². The molecule has 2 aliphatic rings. The minimum absolute atomic E-state index is 0.348. The molecule has 6 heteroatoms. The van der Waals surface area contributed by atoms with Gasteiger partial charge in [-0.15, -0.1) is 0 Å². The van der Waals surface area contributed by atoms with Crippen molar-refractivity contribution in [3.8, 4) is 17.1 Å². The van der Waals surface area contributed by atoms with Gasteiger partial charge in [-0.2, -0.15) is 4.98 Å². The number of rotatable bonds is 5. The average Bonchev–Trinajstić information content (AvgIpc) is 3.24. The molecule has 0 spiro atoms. The van der Waals surface area contributed by atoms with Gasteiger partial charge in [0.15, 0.2) is 0 Å². The van der Waals surface area contributed by atoms with E-state index >= 15 is 0 Å². The topological polar surface area (TPSA) is 60.6 Å². The average molecular weight is 391 g/mol. The lowest BCUT2D eigenvalue weighted by Crippen LogP contribution is -2.35. The highest BCUT2D eigenvalue weighted by Crippen LogP contribution is 2.35. The van der Waals surface area contributed by atoms with Gasteiger partial charge in [0.05, 0.1) is 19.8 Å². The highest BCUT2D eigenvalue weighted by Gasteiger charge is 2.24. The highest BCUT2D eigenvalue weighted by atomic mass is 16.5. The van der Waals surface area contributed by atoms with Gasteiger partial charge in [-0.1, -0.05) is 41.6 Å². The van der Waals surface area contributed by atoms with Gasteiger partial charge in [0.2, 0.25) is 11.7 Å². The van der Waals surface area contributed by atoms with Gasteiger partial charge in [-0.25, -0.2) is 0 Å². The molecular formula is C23H25N3O3. The van der Waals surface area contributed by atoms with E-state index < -0.39 is 0 Å². The summed E-state index contributed by atoms with van der Waals surface area (Å²) < 4.78 is 16.8. The molecule has 150 valence electrons. The molecule has 1 atom stereocenters. The van der Waals surface area contributed by atoms with Crippen molar-refractivity contribution in [3.05, 3.63) is 65.5 Å². The Kier molecular flexibility index (Phi) is 5.28. The number of para-hydroxylation sites is 1. The number of ether oxygens (including phenoxy) is 2. The SMILES string of the molecule is c1cc(CN2CCOCC2)cc(-c2noc(C[C@H]3CCOc4ccccc43)n2)c1. The van der Waals surface area contributed by atoms with Gasteiger partial charge in [-0.05, 0) is 35.6 Å². The third-order valence-electron chi connectivity index (χ3n) is 5.67. The van der Waals surface area contributed by atoms with Crippen molar-refractivity contribution in [1.29, 1.82) is 0 Å². The number of benzene rings is 2. The fourth-order valence-corrected chi connectivity index (χ4v) is 4.12. The molecule has 5 rings (SSSR count). The Morgan fingerprint density at radius 3 is 2.83 bits per heavy atom. The maximum Gasteiger partial charge on any atom is 0.227 e. The molecule has 3 aromatic rings. The van der Waals surface area contributed by atoms with Crippen molar-refractivity contribution in [3.63, 3.8) is 0 Å². The van der Waals surface area contributed by atoms with Crippen molar-refractivity contribution in [1.82, 2.24) is 15.0 Å². The first-order valence-electron chi connectivity index (χ1n) is 10.3. The van der Waals surface area contributed by atoms with Crippen LogP contribution in [0.25, 0.3) is 11.4 Å². The Bertz CT molecular complexity index is 965. The Balaban J connectivity index is 1.30. The van der Waals surface area contributed by atoms with Crippen molar-refractivity contribution in [2.75, 3.05) is 32.9 Å². The van der Waals surface area contributed by atoms with E-state index in [1.165, 1.54) is 11.1 Å². The molecular weight excluding hydrogens is 366 g/mol. The summed E-state index contributed by atoms with van der Waals surface area (Å²) in [5.74, 6) is 2.66. The van der Waals surface area contributed by atoms with Crippen molar-refractivity contribution < 1.29 is 14.0 Å². The molecule has 3 heterocycles. The number of morpholine rings is 1. The first-order valence-corrected chi connectivity index (χ1v) is 10.3. The van der Waals surface area contributed by atoms with Gasteiger partial charge >= 0.3 is 0 Å². The zero-order valence-electron chi connectivity index (χ0n) is 16.4. The Labute approximate surface area is 170 Å². The van der Waals surface area contributed by atoms with Gasteiger partial charge in [0.25, 0.3) is 0 Å². The van der Waals surface area contributed by atoms with Gasteiger partial charge in [0.1, 0.15) is 5.75 Å². The van der Waals surface area contributed by atoms with Crippen LogP contribution in [0.5, 0.6) is 5.75 Å². The Morgan fingerprint density at radius 2 is 1.90 bits per heavy atom. The maximum absolute atomic E-state index is 5.76. The van der Waals surface area contributed by atoms with Crippen LogP contribution in [-0.2, 0) is 17.7 Å². The summed E-state index contributed by atoms with van der Waals surface area (Å²) in [5.41, 5.74) is 3.48. The van der Waals surface area contributed by atoms with E-state index in [1.54, 1.807) is 0 Å². The number of hydrogen-bond donors (Lipinski definition) is 0. The van der Waals surface area contributed by atoms with E-state index in [4.69, 9.17) is 14.0 Å². The van der Waals surface area contributed by atoms with Gasteiger partial charge in [-0.3, -0.25) is 4.90 Å². The van der Waals surface area contributed by atoms with Crippen molar-refractivity contribution >= 4 is 0 Å². The van der Waals surface area contributed by atoms with Crippen LogP contribution in [0.15, 0.2) is 53.1 Å². The van der Waals surface area contributed by atoms with Gasteiger partial charge < -0.3 is 14.0 Å². The smallest absolute Gasteiger partial charge is 0.227 e. The Morgan fingerprint density at radius 1 is 1.00 bits per heavy atom. The third-order valence-corrected chi connectivity index (χ3v) is 5.67. The lowest BCUT2D eigenvalue weighted by Gasteiger charge is -2.26. The maximum atomic E-state index is 5.76. The zero-order valence-corrected chi connectivity index (χ0v) is 16.4. The van der Waals surface area contributed by atoms with E-state index in [0.717, 1.165) is 63.6 Å². The van der Waals surface area contributed by atoms with Crippen LogP contribution in [0.3, 0.4) is 0 Å². The summed E-state index contributed by atoms with van der Waals surface area (Å²) in [5, 5.41) is 4.24. The molecule has 29 heavy (non-hydrogen) atoms. The molecule has 1 aromatic heterocycles. The minimum atomic E-state index is 0.348. The van der Waals surface area contributed by atoms with Crippen LogP contribution in [0, 0.1) is 0 Å². The molecule has 0 radical (unpaired) electrons. The molecule has 0 amide bonds. The standard InChI is InChI=1S/C23H25N3O3/c1-2-7-21-20(6-1)18(8-11-28-21)15-22-24-23(25-29-22)19-5-3-4-17(14-19)16-26-9-12-27-13-10-26/h1-7,14,18H,8-13,15-16H2/t18-/m1/s1. The lowest BCUT2D eigenvalue weighted by atomic mass is 9.90. The summed E-state index contributed by atoms with van der Waals surface area (Å²) in [6.07, 6.45) is 1.70. The van der Waals surface area contributed by atoms with Gasteiger partial charge in [0, 0.05) is 31.6 Å². The summed E-state index contributed by atoms with van der Waals surface area (Å²) in [6, 6.07) is 16.6. The molecule has 0 unspecified atom stereocenters. The monoisotopic (exact) mass is 391 g/mol. The van der Waals surface area contributed by atoms with E-state index in [2.05, 4.69) is 45.4 Å². The van der Waals surface area contributed by atoms with Crippen LogP contribution in [0.1, 0.15) is 29.4 Å². The second-order valence-corrected chi connectivity index (χ2v) is 7.68. The predicted octanol–water partition coefficient (Wildman–Crippen LogP) is 3.68. The largest absolute Gasteiger partial charge is 0.493 e. The number of nitrogens with zero attached hydrogens (tertiary/aromatic N) is 3. The summed E-state index contributed by atoms with van der Waals surface area (Å²) in [7, 11) is 0. The molecule has 2 aliphatic heterocycles. The first-order chi connectivity index (χ1) is 14.3. The van der Waals surface area contributed by atoms with Crippen LogP contribution in [0.2, 0.25) is 0 Å². The van der Waals surface area contributed by atoms with E-state index in [1.807, 2.05) is 18.2 Å². The molecule has 0 N–H and O–H groups in total. The lowest BCUT2D eigenvalue weighted by molar-refractivity contribution is 0.0342. The van der Waals surface area contributed by atoms with E-state index in [-0.39, 0.29) is 0 Å². The minimum Gasteiger partial charge on any atom is -0.493 e. The van der Waals surface area contributed by atoms with Crippen LogP contribution >= 0.6 is 0 Å². The van der Waals surface area contributed by atoms with Crippen molar-refractivity contribution in [2.24, 2.45) is 0 Å². The number of hydrogen-bond acceptors (Lipinski definition) is 6. The molecule has 1 saturated heterocycles. The fourth-order valence-electron chi connectivity index (χ4n) is 4.12. The molecule has 2 aromatic carbocycles. The second-order valence-electron chi connectivity index (χ2n) is 7.68. The molecule has 0 bridgehead atoms. The molecule has 0 saturated carbocycles.